The number of amides is 1. The lowest BCUT2D eigenvalue weighted by Gasteiger charge is -2.44. The molecule has 0 bridgehead atoms. The topological polar surface area (TPSA) is 41.6 Å². The molecule has 1 amide bonds. The molecule has 26 heavy (non-hydrogen) atoms. The van der Waals surface area contributed by atoms with E-state index in [4.69, 9.17) is 0 Å². The van der Waals surface area contributed by atoms with E-state index in [2.05, 4.69) is 15.0 Å². The summed E-state index contributed by atoms with van der Waals surface area (Å²) in [5.74, 6) is 0.124. The fourth-order valence-corrected chi connectivity index (χ4v) is 4.12. The predicted molar refractivity (Wildman–Crippen MR) is 91.8 cm³/mol. The first kappa shape index (κ1) is 19.0. The Morgan fingerprint density at radius 3 is 2.58 bits per heavy atom. The minimum absolute atomic E-state index is 0.0950. The number of rotatable bonds is 5. The van der Waals surface area contributed by atoms with Crippen LogP contribution in [0.4, 0.5) is 13.2 Å². The summed E-state index contributed by atoms with van der Waals surface area (Å²) in [5, 5.41) is 3.01. The fourth-order valence-electron chi connectivity index (χ4n) is 4.12. The SMILES string of the molecule is O=C(Cc1ccc(OC(F)(F)F)cc1)NC[C@H]1CCCN2CCCC[C@@H]12. The van der Waals surface area contributed by atoms with Crippen LogP contribution in [-0.2, 0) is 11.2 Å². The van der Waals surface area contributed by atoms with Gasteiger partial charge in [0.1, 0.15) is 5.75 Å². The van der Waals surface area contributed by atoms with E-state index in [0.717, 1.165) is 6.42 Å². The van der Waals surface area contributed by atoms with Crippen LogP contribution in [0.15, 0.2) is 24.3 Å². The third kappa shape index (κ3) is 5.37. The Labute approximate surface area is 151 Å². The molecule has 1 aromatic carbocycles. The molecule has 0 aromatic heterocycles. The number of carbonyl (C=O) groups excluding carboxylic acids is 1. The van der Waals surface area contributed by atoms with E-state index in [1.807, 2.05) is 0 Å². The number of carbonyl (C=O) groups is 1. The fraction of sp³-hybridized carbons (Fsp3) is 0.632. The minimum atomic E-state index is -4.70. The van der Waals surface area contributed by atoms with Crippen molar-refractivity contribution in [3.63, 3.8) is 0 Å². The molecule has 1 N–H and O–H groups in total. The number of nitrogens with zero attached hydrogens (tertiary/aromatic N) is 1. The molecule has 3 rings (SSSR count). The van der Waals surface area contributed by atoms with E-state index in [1.54, 1.807) is 0 Å². The van der Waals surface area contributed by atoms with Gasteiger partial charge < -0.3 is 15.0 Å². The summed E-state index contributed by atoms with van der Waals surface area (Å²) in [6, 6.07) is 6.03. The standard InChI is InChI=1S/C19H25F3N2O2/c20-19(21,22)26-16-8-6-14(7-9-16)12-18(25)23-13-15-4-3-11-24-10-2-1-5-17(15)24/h6-9,15,17H,1-5,10-13H2,(H,23,25)/t15-,17+/m1/s1. The van der Waals surface area contributed by atoms with Gasteiger partial charge in [0.05, 0.1) is 6.42 Å². The van der Waals surface area contributed by atoms with Gasteiger partial charge in [-0.05, 0) is 62.4 Å². The summed E-state index contributed by atoms with van der Waals surface area (Å²) in [4.78, 5) is 14.8. The van der Waals surface area contributed by atoms with Crippen LogP contribution in [0.25, 0.3) is 0 Å². The van der Waals surface area contributed by atoms with Crippen LogP contribution in [0.1, 0.15) is 37.7 Å². The van der Waals surface area contributed by atoms with Crippen molar-refractivity contribution in [2.24, 2.45) is 5.92 Å². The van der Waals surface area contributed by atoms with Crippen molar-refractivity contribution >= 4 is 5.91 Å². The first-order valence-corrected chi connectivity index (χ1v) is 9.26. The van der Waals surface area contributed by atoms with Gasteiger partial charge in [0.25, 0.3) is 0 Å². The van der Waals surface area contributed by atoms with E-state index in [-0.39, 0.29) is 18.1 Å². The van der Waals surface area contributed by atoms with Crippen LogP contribution in [0.2, 0.25) is 0 Å². The summed E-state index contributed by atoms with van der Waals surface area (Å²) < 4.78 is 40.3. The van der Waals surface area contributed by atoms with Gasteiger partial charge in [-0.3, -0.25) is 4.79 Å². The Kier molecular flexibility index (Phi) is 6.06. The smallest absolute Gasteiger partial charge is 0.406 e. The number of benzene rings is 1. The van der Waals surface area contributed by atoms with Crippen LogP contribution in [-0.4, -0.2) is 42.8 Å². The van der Waals surface area contributed by atoms with E-state index < -0.39 is 6.36 Å². The molecule has 2 aliphatic rings. The molecule has 4 nitrogen and oxygen atoms in total. The highest BCUT2D eigenvalue weighted by Gasteiger charge is 2.33. The van der Waals surface area contributed by atoms with Crippen molar-refractivity contribution in [2.45, 2.75) is 50.9 Å². The van der Waals surface area contributed by atoms with Gasteiger partial charge in [-0.2, -0.15) is 0 Å². The van der Waals surface area contributed by atoms with Crippen molar-refractivity contribution in [3.8, 4) is 5.75 Å². The van der Waals surface area contributed by atoms with E-state index in [1.165, 1.54) is 63.0 Å². The lowest BCUT2D eigenvalue weighted by molar-refractivity contribution is -0.274. The lowest BCUT2D eigenvalue weighted by Crippen LogP contribution is -2.51. The number of hydrogen-bond donors (Lipinski definition) is 1. The van der Waals surface area contributed by atoms with Crippen molar-refractivity contribution in [1.29, 1.82) is 0 Å². The average Bonchev–Trinajstić information content (AvgIpc) is 2.60. The van der Waals surface area contributed by atoms with Gasteiger partial charge in [-0.25, -0.2) is 0 Å². The highest BCUT2D eigenvalue weighted by Crippen LogP contribution is 2.30. The molecule has 2 atom stereocenters. The molecule has 2 saturated heterocycles. The van der Waals surface area contributed by atoms with Crippen LogP contribution in [0, 0.1) is 5.92 Å². The zero-order valence-corrected chi connectivity index (χ0v) is 14.7. The number of ether oxygens (including phenoxy) is 1. The number of halogens is 3. The third-order valence-electron chi connectivity index (χ3n) is 5.31. The number of nitrogens with one attached hydrogen (secondary N) is 1. The zero-order chi connectivity index (χ0) is 18.6. The second kappa shape index (κ2) is 8.29. The second-order valence-electron chi connectivity index (χ2n) is 7.17. The lowest BCUT2D eigenvalue weighted by atomic mass is 9.83. The molecule has 0 radical (unpaired) electrons. The largest absolute Gasteiger partial charge is 0.573 e. The van der Waals surface area contributed by atoms with Crippen molar-refractivity contribution in [2.75, 3.05) is 19.6 Å². The average molecular weight is 370 g/mol. The minimum Gasteiger partial charge on any atom is -0.406 e. The van der Waals surface area contributed by atoms with E-state index in [9.17, 15) is 18.0 Å². The Balaban J connectivity index is 1.46. The summed E-state index contributed by atoms with van der Waals surface area (Å²) in [6.07, 6.45) is 1.52. The predicted octanol–water partition coefficient (Wildman–Crippen LogP) is 3.51. The molecule has 2 aliphatic heterocycles. The van der Waals surface area contributed by atoms with E-state index in [0.29, 0.717) is 24.1 Å². The number of fused-ring (bicyclic) bond motifs is 1. The Bertz CT molecular complexity index is 602. The maximum Gasteiger partial charge on any atom is 0.573 e. The molecule has 7 heteroatoms. The summed E-state index contributed by atoms with van der Waals surface area (Å²) in [5.41, 5.74) is 0.667. The number of hydrogen-bond acceptors (Lipinski definition) is 3. The van der Waals surface area contributed by atoms with Gasteiger partial charge in [0, 0.05) is 12.6 Å². The Hall–Kier alpha value is -1.76. The van der Waals surface area contributed by atoms with Crippen LogP contribution in [0.5, 0.6) is 5.75 Å². The molecule has 0 aliphatic carbocycles. The summed E-state index contributed by atoms with van der Waals surface area (Å²) in [6.45, 7) is 3.01. The zero-order valence-electron chi connectivity index (χ0n) is 14.7. The van der Waals surface area contributed by atoms with E-state index >= 15 is 0 Å². The molecule has 144 valence electrons. The molecular formula is C19H25F3N2O2. The highest BCUT2D eigenvalue weighted by molar-refractivity contribution is 5.78. The normalized spacial score (nSPS) is 24.0. The van der Waals surface area contributed by atoms with Gasteiger partial charge in [-0.15, -0.1) is 13.2 Å². The van der Waals surface area contributed by atoms with Crippen molar-refractivity contribution in [1.82, 2.24) is 10.2 Å². The quantitative estimate of drug-likeness (QED) is 0.863. The maximum atomic E-state index is 12.2. The molecule has 2 fully saturated rings. The molecule has 0 unspecified atom stereocenters. The van der Waals surface area contributed by atoms with Gasteiger partial charge in [0.2, 0.25) is 5.91 Å². The van der Waals surface area contributed by atoms with Crippen LogP contribution >= 0.6 is 0 Å². The van der Waals surface area contributed by atoms with Gasteiger partial charge in [0.15, 0.2) is 0 Å². The second-order valence-corrected chi connectivity index (χ2v) is 7.17. The van der Waals surface area contributed by atoms with Crippen molar-refractivity contribution < 1.29 is 22.7 Å². The summed E-state index contributed by atoms with van der Waals surface area (Å²) >= 11 is 0. The third-order valence-corrected chi connectivity index (χ3v) is 5.31. The van der Waals surface area contributed by atoms with Gasteiger partial charge in [-0.1, -0.05) is 18.6 Å². The maximum absolute atomic E-state index is 12.2. The highest BCUT2D eigenvalue weighted by atomic mass is 19.4. The number of alkyl halides is 3. The molecule has 0 saturated carbocycles. The molecule has 2 heterocycles. The summed E-state index contributed by atoms with van der Waals surface area (Å²) in [7, 11) is 0. The molecule has 1 aromatic rings. The first-order chi connectivity index (χ1) is 12.4. The van der Waals surface area contributed by atoms with Crippen molar-refractivity contribution in [3.05, 3.63) is 29.8 Å². The Morgan fingerprint density at radius 2 is 1.85 bits per heavy atom. The van der Waals surface area contributed by atoms with Gasteiger partial charge >= 0.3 is 6.36 Å². The van der Waals surface area contributed by atoms with Crippen LogP contribution < -0.4 is 10.1 Å². The molecule has 0 spiro atoms. The molecular weight excluding hydrogens is 345 g/mol. The first-order valence-electron chi connectivity index (χ1n) is 9.26. The number of piperidine rings is 2. The Morgan fingerprint density at radius 1 is 1.12 bits per heavy atom. The van der Waals surface area contributed by atoms with Crippen LogP contribution in [0.3, 0.4) is 0 Å². The monoisotopic (exact) mass is 370 g/mol.